The van der Waals surface area contributed by atoms with Crippen molar-refractivity contribution < 1.29 is 10.2 Å². The number of aliphatic hydroxyl groups excluding tert-OH is 2. The van der Waals surface area contributed by atoms with Gasteiger partial charge in [0.15, 0.2) is 0 Å². The zero-order chi connectivity index (χ0) is 5.41. The molecule has 2 radical (unpaired) electrons. The van der Waals surface area contributed by atoms with Crippen LogP contribution in [0.15, 0.2) is 0 Å². The van der Waals surface area contributed by atoms with Gasteiger partial charge in [-0.3, -0.25) is 0 Å². The molecule has 0 aliphatic rings. The summed E-state index contributed by atoms with van der Waals surface area (Å²) in [5, 5.41) is 15.1. The Kier molecular flexibility index (Phi) is 71.6. The number of aliphatic hydroxyl groups is 2. The molecule has 0 spiro atoms. The van der Waals surface area contributed by atoms with E-state index in [-0.39, 0.29) is 30.3 Å². The van der Waals surface area contributed by atoms with Gasteiger partial charge in [0.05, 0.1) is 0 Å². The van der Waals surface area contributed by atoms with Crippen LogP contribution in [0.2, 0.25) is 0 Å². The van der Waals surface area contributed by atoms with Crippen molar-refractivity contribution in [2.75, 3.05) is 13.2 Å². The maximum absolute atomic E-state index is 7.57. The van der Waals surface area contributed by atoms with Gasteiger partial charge in [0, 0.05) is 30.3 Å². The molecular formula is C4H12O2Se. The van der Waals surface area contributed by atoms with Crippen LogP contribution in [0.4, 0.5) is 0 Å². The molecule has 2 nitrogen and oxygen atoms in total. The Morgan fingerprint density at radius 3 is 1.00 bits per heavy atom. The van der Waals surface area contributed by atoms with Crippen LogP contribution in [-0.4, -0.2) is 40.5 Å². The Hall–Kier alpha value is 0.439. The van der Waals surface area contributed by atoms with Crippen molar-refractivity contribution in [3.8, 4) is 0 Å². The van der Waals surface area contributed by atoms with Crippen LogP contribution in [0.25, 0.3) is 0 Å². The van der Waals surface area contributed by atoms with E-state index in [1.165, 1.54) is 0 Å². The van der Waals surface area contributed by atoms with Crippen molar-refractivity contribution in [1.82, 2.24) is 0 Å². The quantitative estimate of drug-likeness (QED) is 0.487. The summed E-state index contributed by atoms with van der Waals surface area (Å²) in [4.78, 5) is 0. The summed E-state index contributed by atoms with van der Waals surface area (Å²) in [5.74, 6) is 0. The minimum atomic E-state index is 0. The smallest absolute Gasteiger partial charge is 0.0402 e. The fourth-order valence-electron chi connectivity index (χ4n) is 0. The first-order valence-electron chi connectivity index (χ1n) is 2.05. The third-order valence-corrected chi connectivity index (χ3v) is 0. The topological polar surface area (TPSA) is 40.5 Å². The molecular weight excluding hydrogens is 159 g/mol. The van der Waals surface area contributed by atoms with E-state index in [1.807, 2.05) is 0 Å². The van der Waals surface area contributed by atoms with Gasteiger partial charge in [0.25, 0.3) is 0 Å². The van der Waals surface area contributed by atoms with Gasteiger partial charge >= 0.3 is 0 Å². The molecule has 0 aromatic carbocycles. The van der Waals surface area contributed by atoms with E-state index in [0.29, 0.717) is 0 Å². The average Bonchev–Trinajstić information content (AvgIpc) is 1.39. The number of hydrogen-bond donors (Lipinski definition) is 2. The first-order chi connectivity index (χ1) is 2.83. The minimum absolute atomic E-state index is 0. The van der Waals surface area contributed by atoms with Gasteiger partial charge in [-0.2, -0.15) is 0 Å². The Balaban J connectivity index is -0.0000000400. The fourth-order valence-corrected chi connectivity index (χ4v) is 0. The molecule has 0 saturated heterocycles. The van der Waals surface area contributed by atoms with Crippen molar-refractivity contribution in [2.45, 2.75) is 13.8 Å². The molecule has 0 saturated carbocycles. The van der Waals surface area contributed by atoms with E-state index in [0.717, 1.165) is 0 Å². The summed E-state index contributed by atoms with van der Waals surface area (Å²) in [6.45, 7) is 3.86. The molecule has 0 atom stereocenters. The van der Waals surface area contributed by atoms with E-state index in [9.17, 15) is 0 Å². The second kappa shape index (κ2) is 32.0. The van der Waals surface area contributed by atoms with Gasteiger partial charge in [-0.05, 0) is 13.8 Å². The van der Waals surface area contributed by atoms with Crippen LogP contribution in [0.1, 0.15) is 13.8 Å². The first-order valence-corrected chi connectivity index (χ1v) is 2.05. The minimum Gasteiger partial charge on any atom is -0.397 e. The van der Waals surface area contributed by atoms with Crippen molar-refractivity contribution >= 4 is 17.1 Å². The summed E-state index contributed by atoms with van der Waals surface area (Å²) < 4.78 is 0. The summed E-state index contributed by atoms with van der Waals surface area (Å²) in [7, 11) is 0. The molecule has 0 aromatic heterocycles. The van der Waals surface area contributed by atoms with Crippen LogP contribution < -0.4 is 0 Å². The van der Waals surface area contributed by atoms with Crippen molar-refractivity contribution in [3.05, 3.63) is 0 Å². The predicted molar refractivity (Wildman–Crippen MR) is 31.3 cm³/mol. The summed E-state index contributed by atoms with van der Waals surface area (Å²) in [6.07, 6.45) is 0. The molecule has 0 heterocycles. The zero-order valence-electron chi connectivity index (χ0n) is 4.72. The van der Waals surface area contributed by atoms with Crippen molar-refractivity contribution in [1.29, 1.82) is 0 Å². The van der Waals surface area contributed by atoms with Gasteiger partial charge in [-0.1, -0.05) is 0 Å². The van der Waals surface area contributed by atoms with Crippen LogP contribution in [0, 0.1) is 0 Å². The standard InChI is InChI=1S/2C2H6O.Se/c2*1-2-3;/h2*3H,2H2,1H3;. The molecule has 3 heteroatoms. The second-order valence-corrected chi connectivity index (χ2v) is 0.632. The molecule has 7 heavy (non-hydrogen) atoms. The molecule has 0 amide bonds. The van der Waals surface area contributed by atoms with Gasteiger partial charge in [-0.25, -0.2) is 0 Å². The van der Waals surface area contributed by atoms with E-state index >= 15 is 0 Å². The second-order valence-electron chi connectivity index (χ2n) is 0.632. The Morgan fingerprint density at radius 2 is 1.00 bits per heavy atom. The molecule has 0 aromatic rings. The average molecular weight is 171 g/mol. The van der Waals surface area contributed by atoms with E-state index < -0.39 is 0 Å². The fraction of sp³-hybridized carbons (Fsp3) is 1.00. The van der Waals surface area contributed by atoms with Crippen LogP contribution in [0.5, 0.6) is 0 Å². The van der Waals surface area contributed by atoms with Gasteiger partial charge in [0.2, 0.25) is 0 Å². The summed E-state index contributed by atoms with van der Waals surface area (Å²) in [5.41, 5.74) is 0. The summed E-state index contributed by atoms with van der Waals surface area (Å²) >= 11 is 0. The van der Waals surface area contributed by atoms with Crippen LogP contribution in [-0.2, 0) is 0 Å². The SMILES string of the molecule is CCO.CCO.[Se]. The molecule has 0 rings (SSSR count). The van der Waals surface area contributed by atoms with Crippen molar-refractivity contribution in [2.24, 2.45) is 0 Å². The van der Waals surface area contributed by atoms with Crippen LogP contribution in [0.3, 0.4) is 0 Å². The maximum atomic E-state index is 7.57. The largest absolute Gasteiger partial charge is 0.397 e. The third kappa shape index (κ3) is 657. The molecule has 0 aliphatic heterocycles. The van der Waals surface area contributed by atoms with E-state index in [2.05, 4.69) is 0 Å². The summed E-state index contributed by atoms with van der Waals surface area (Å²) in [6, 6.07) is 0. The van der Waals surface area contributed by atoms with E-state index in [1.54, 1.807) is 13.8 Å². The zero-order valence-corrected chi connectivity index (χ0v) is 6.43. The first kappa shape index (κ1) is 15.7. The monoisotopic (exact) mass is 172 g/mol. The molecule has 2 N–H and O–H groups in total. The maximum Gasteiger partial charge on any atom is 0.0402 e. The van der Waals surface area contributed by atoms with Crippen molar-refractivity contribution in [3.63, 3.8) is 0 Å². The number of rotatable bonds is 0. The van der Waals surface area contributed by atoms with Gasteiger partial charge in [0.1, 0.15) is 0 Å². The third-order valence-electron chi connectivity index (χ3n) is 0. The predicted octanol–water partition coefficient (Wildman–Crippen LogP) is -0.384. The Morgan fingerprint density at radius 1 is 1.00 bits per heavy atom. The molecule has 0 unspecified atom stereocenters. The van der Waals surface area contributed by atoms with Gasteiger partial charge < -0.3 is 10.2 Å². The van der Waals surface area contributed by atoms with Crippen LogP contribution >= 0.6 is 0 Å². The Bertz CT molecular complexity index is 11.7. The molecule has 0 fully saturated rings. The molecule has 0 bridgehead atoms. The Labute approximate surface area is 55.0 Å². The normalized spacial score (nSPS) is 5.14. The molecule has 0 aliphatic carbocycles. The molecule has 46 valence electrons. The number of hydrogen-bond acceptors (Lipinski definition) is 2. The van der Waals surface area contributed by atoms with E-state index in [4.69, 9.17) is 10.2 Å². The van der Waals surface area contributed by atoms with Gasteiger partial charge in [-0.15, -0.1) is 0 Å².